The van der Waals surface area contributed by atoms with E-state index in [1.165, 1.54) is 16.8 Å². The van der Waals surface area contributed by atoms with Gasteiger partial charge in [-0.15, -0.1) is 0 Å². The highest BCUT2D eigenvalue weighted by Crippen LogP contribution is 2.32. The molecule has 38 heavy (non-hydrogen) atoms. The highest BCUT2D eigenvalue weighted by molar-refractivity contribution is 6.00. The molecular weight excluding hydrogens is 482 g/mol. The summed E-state index contributed by atoms with van der Waals surface area (Å²) in [6, 6.07) is 13.0. The van der Waals surface area contributed by atoms with Gasteiger partial charge in [0, 0.05) is 51.2 Å². The van der Waals surface area contributed by atoms with Crippen molar-refractivity contribution in [3.8, 4) is 0 Å². The quantitative estimate of drug-likeness (QED) is 0.450. The molecule has 0 radical (unpaired) electrons. The second kappa shape index (κ2) is 12.3. The molecule has 4 aliphatic rings. The summed E-state index contributed by atoms with van der Waals surface area (Å²) in [5.41, 5.74) is 2.20. The van der Waals surface area contributed by atoms with Gasteiger partial charge in [0.25, 0.3) is 0 Å². The zero-order chi connectivity index (χ0) is 25.6. The Kier molecular flexibility index (Phi) is 8.26. The predicted octanol–water partition coefficient (Wildman–Crippen LogP) is 2.80. The van der Waals surface area contributed by atoms with Crippen molar-refractivity contribution in [3.63, 3.8) is 0 Å². The molecule has 0 bridgehead atoms. The highest BCUT2D eigenvalue weighted by Gasteiger charge is 2.24. The van der Waals surface area contributed by atoms with Crippen LogP contribution in [-0.2, 0) is 18.9 Å². The van der Waals surface area contributed by atoms with E-state index >= 15 is 0 Å². The van der Waals surface area contributed by atoms with Gasteiger partial charge in [0.2, 0.25) is 5.96 Å². The van der Waals surface area contributed by atoms with E-state index in [-0.39, 0.29) is 0 Å². The Morgan fingerprint density at radius 1 is 0.605 bits per heavy atom. The van der Waals surface area contributed by atoms with Crippen LogP contribution in [0.4, 0.5) is 5.69 Å². The van der Waals surface area contributed by atoms with Gasteiger partial charge in [0.15, 0.2) is 0 Å². The summed E-state index contributed by atoms with van der Waals surface area (Å²) >= 11 is 0. The number of benzene rings is 2. The van der Waals surface area contributed by atoms with Crippen LogP contribution in [0.25, 0.3) is 16.8 Å². The van der Waals surface area contributed by atoms with Crippen LogP contribution in [0.3, 0.4) is 0 Å². The molecule has 0 unspecified atom stereocenters. The Morgan fingerprint density at radius 3 is 1.82 bits per heavy atom. The van der Waals surface area contributed by atoms with Crippen LogP contribution in [0, 0.1) is 0 Å². The minimum Gasteiger partial charge on any atom is -0.378 e. The van der Waals surface area contributed by atoms with Crippen LogP contribution < -0.4 is 0 Å². The predicted molar refractivity (Wildman–Crippen MR) is 148 cm³/mol. The summed E-state index contributed by atoms with van der Waals surface area (Å²) in [4.78, 5) is 14.8. The molecule has 204 valence electrons. The van der Waals surface area contributed by atoms with Gasteiger partial charge in [0.05, 0.1) is 51.9 Å². The summed E-state index contributed by atoms with van der Waals surface area (Å²) in [5.74, 6) is 2.25. The zero-order valence-electron chi connectivity index (χ0n) is 22.2. The second-order valence-electron chi connectivity index (χ2n) is 10.1. The van der Waals surface area contributed by atoms with E-state index in [2.05, 4.69) is 62.1 Å². The lowest BCUT2D eigenvalue weighted by atomic mass is 10.0. The molecule has 4 fully saturated rings. The summed E-state index contributed by atoms with van der Waals surface area (Å²) in [5, 5.41) is 2.37. The molecule has 2 aromatic carbocycles. The maximum absolute atomic E-state index is 5.81. The fraction of sp³-hybridized carbons (Fsp3) is 0.552. The van der Waals surface area contributed by atoms with E-state index < -0.39 is 0 Å². The standard InChI is InChI=1S/C29H39N5O4/c1-2-5-26-25(4-1)24(22-28(31-9-16-35-17-10-31)32-11-18-36-19-12-32)6-7-27(26)30-29(33-13-20-37-21-14-33)34-8-3-15-38-23-34/h1-2,4-7,22H,3,8-21,23H2. The SMILES string of the molecule is C(=C(N1CCOCC1)N1CCOCC1)c1ccc(N=C(N2CCOCC2)N2CCCOC2)c2ccccc12. The maximum atomic E-state index is 5.81. The first-order valence-electron chi connectivity index (χ1n) is 14.0. The van der Waals surface area contributed by atoms with E-state index in [0.29, 0.717) is 6.73 Å². The number of nitrogens with zero attached hydrogens (tertiary/aromatic N) is 5. The van der Waals surface area contributed by atoms with Crippen LogP contribution in [0.15, 0.2) is 47.2 Å². The Labute approximate surface area is 225 Å². The topological polar surface area (TPSA) is 62.2 Å². The molecule has 9 nitrogen and oxygen atoms in total. The number of hydrogen-bond donors (Lipinski definition) is 0. The summed E-state index contributed by atoms with van der Waals surface area (Å²) < 4.78 is 22.8. The van der Waals surface area contributed by atoms with Crippen LogP contribution in [0.1, 0.15) is 12.0 Å². The Bertz CT molecular complexity index is 1000. The number of rotatable bonds is 4. The van der Waals surface area contributed by atoms with Crippen molar-refractivity contribution in [2.75, 3.05) is 98.8 Å². The molecule has 9 heteroatoms. The number of morpholine rings is 3. The molecule has 0 saturated carbocycles. The lowest BCUT2D eigenvalue weighted by Gasteiger charge is -2.39. The first kappa shape index (κ1) is 25.4. The molecule has 0 spiro atoms. The third kappa shape index (κ3) is 5.76. The molecule has 6 rings (SSSR count). The van der Waals surface area contributed by atoms with E-state index in [0.717, 1.165) is 116 Å². The first-order chi connectivity index (χ1) is 18.9. The first-order valence-corrected chi connectivity index (χ1v) is 14.0. The lowest BCUT2D eigenvalue weighted by molar-refractivity contribution is 0.00846. The molecule has 0 N–H and O–H groups in total. The fourth-order valence-corrected chi connectivity index (χ4v) is 5.60. The summed E-state index contributed by atoms with van der Waals surface area (Å²) in [6.07, 6.45) is 3.37. The van der Waals surface area contributed by atoms with E-state index in [4.69, 9.17) is 23.9 Å². The second-order valence-corrected chi connectivity index (χ2v) is 10.1. The van der Waals surface area contributed by atoms with Crippen molar-refractivity contribution in [1.82, 2.24) is 19.6 Å². The third-order valence-corrected chi connectivity index (χ3v) is 7.65. The van der Waals surface area contributed by atoms with Gasteiger partial charge in [-0.25, -0.2) is 4.99 Å². The van der Waals surface area contributed by atoms with Crippen molar-refractivity contribution < 1.29 is 18.9 Å². The van der Waals surface area contributed by atoms with Crippen LogP contribution in [-0.4, -0.2) is 124 Å². The van der Waals surface area contributed by atoms with Gasteiger partial charge in [-0.1, -0.05) is 30.3 Å². The molecule has 2 aromatic rings. The fourth-order valence-electron chi connectivity index (χ4n) is 5.60. The molecule has 0 aliphatic carbocycles. The van der Waals surface area contributed by atoms with Crippen LogP contribution in [0.5, 0.6) is 0 Å². The molecule has 0 amide bonds. The molecule has 0 aromatic heterocycles. The molecule has 4 saturated heterocycles. The van der Waals surface area contributed by atoms with Crippen molar-refractivity contribution in [1.29, 1.82) is 0 Å². The highest BCUT2D eigenvalue weighted by atomic mass is 16.5. The zero-order valence-corrected chi connectivity index (χ0v) is 22.2. The van der Waals surface area contributed by atoms with Gasteiger partial charge in [-0.3, -0.25) is 0 Å². The molecular formula is C29H39N5O4. The van der Waals surface area contributed by atoms with E-state index in [1.54, 1.807) is 0 Å². The average molecular weight is 522 g/mol. The van der Waals surface area contributed by atoms with Gasteiger partial charge in [0.1, 0.15) is 12.6 Å². The monoisotopic (exact) mass is 521 g/mol. The van der Waals surface area contributed by atoms with Gasteiger partial charge in [-0.2, -0.15) is 0 Å². The summed E-state index contributed by atoms with van der Waals surface area (Å²) in [6.45, 7) is 12.2. The number of aliphatic imine (C=N–C) groups is 1. The minimum absolute atomic E-state index is 0.581. The Balaban J connectivity index is 1.39. The van der Waals surface area contributed by atoms with E-state index in [9.17, 15) is 0 Å². The molecule has 4 heterocycles. The van der Waals surface area contributed by atoms with Gasteiger partial charge < -0.3 is 38.5 Å². The number of fused-ring (bicyclic) bond motifs is 1. The average Bonchev–Trinajstić information content (AvgIpc) is 3.01. The Hall–Kier alpha value is -2.85. The number of hydrogen-bond acceptors (Lipinski definition) is 7. The smallest absolute Gasteiger partial charge is 0.203 e. The van der Waals surface area contributed by atoms with Crippen molar-refractivity contribution in [3.05, 3.63) is 47.8 Å². The lowest BCUT2D eigenvalue weighted by Crippen LogP contribution is -2.51. The Morgan fingerprint density at radius 2 is 1.21 bits per heavy atom. The number of guanidine groups is 1. The summed E-state index contributed by atoms with van der Waals surface area (Å²) in [7, 11) is 0. The normalized spacial score (nSPS) is 21.6. The third-order valence-electron chi connectivity index (χ3n) is 7.65. The van der Waals surface area contributed by atoms with Crippen molar-refractivity contribution >= 4 is 28.5 Å². The minimum atomic E-state index is 0.581. The molecule has 4 aliphatic heterocycles. The maximum Gasteiger partial charge on any atom is 0.203 e. The largest absolute Gasteiger partial charge is 0.378 e. The van der Waals surface area contributed by atoms with Gasteiger partial charge >= 0.3 is 0 Å². The van der Waals surface area contributed by atoms with Gasteiger partial charge in [-0.05, 0) is 29.5 Å². The van der Waals surface area contributed by atoms with E-state index in [1.807, 2.05) is 0 Å². The van der Waals surface area contributed by atoms with Crippen molar-refractivity contribution in [2.45, 2.75) is 6.42 Å². The van der Waals surface area contributed by atoms with Crippen LogP contribution >= 0.6 is 0 Å². The van der Waals surface area contributed by atoms with Crippen molar-refractivity contribution in [2.24, 2.45) is 4.99 Å². The number of ether oxygens (including phenoxy) is 4. The van der Waals surface area contributed by atoms with Crippen LogP contribution in [0.2, 0.25) is 0 Å². The molecule has 0 atom stereocenters.